The van der Waals surface area contributed by atoms with Gasteiger partial charge in [0.15, 0.2) is 0 Å². The predicted molar refractivity (Wildman–Crippen MR) is 49.2 cm³/mol. The molecule has 0 aromatic carbocycles. The zero-order valence-electron chi connectivity index (χ0n) is 7.33. The number of primary amides is 1. The van der Waals surface area contributed by atoms with Crippen LogP contribution in [0.2, 0.25) is 0 Å². The van der Waals surface area contributed by atoms with Gasteiger partial charge in [-0.3, -0.25) is 9.59 Å². The second-order valence-corrected chi connectivity index (χ2v) is 3.48. The molecule has 4 nitrogen and oxygen atoms in total. The molecule has 1 aliphatic rings. The molecule has 13 heavy (non-hydrogen) atoms. The molecular formula is C8H13ClN2O2. The van der Waals surface area contributed by atoms with Crippen molar-refractivity contribution >= 4 is 23.4 Å². The number of alkyl halides is 1. The lowest BCUT2D eigenvalue weighted by molar-refractivity contribution is -0.132. The summed E-state index contributed by atoms with van der Waals surface area (Å²) in [5.74, 6) is -0.661. The van der Waals surface area contributed by atoms with E-state index in [9.17, 15) is 9.59 Å². The first-order valence-electron chi connectivity index (χ1n) is 4.28. The van der Waals surface area contributed by atoms with Crippen molar-refractivity contribution in [2.75, 3.05) is 19.0 Å². The molecule has 74 valence electrons. The van der Waals surface area contributed by atoms with E-state index >= 15 is 0 Å². The normalized spacial score (nSPS) is 22.8. The third kappa shape index (κ3) is 2.59. The number of amides is 2. The van der Waals surface area contributed by atoms with Gasteiger partial charge in [0, 0.05) is 13.1 Å². The molecule has 2 N–H and O–H groups in total. The van der Waals surface area contributed by atoms with E-state index in [2.05, 4.69) is 0 Å². The molecule has 0 aliphatic carbocycles. The van der Waals surface area contributed by atoms with Crippen molar-refractivity contribution in [3.63, 3.8) is 0 Å². The Hall–Kier alpha value is -0.770. The number of nitrogens with zero attached hydrogens (tertiary/aromatic N) is 1. The summed E-state index contributed by atoms with van der Waals surface area (Å²) in [5.41, 5.74) is 5.16. The van der Waals surface area contributed by atoms with Gasteiger partial charge in [-0.25, -0.2) is 0 Å². The molecule has 0 aromatic heterocycles. The number of likely N-dealkylation sites (tertiary alicyclic amines) is 1. The van der Waals surface area contributed by atoms with Crippen molar-refractivity contribution in [1.82, 2.24) is 4.90 Å². The molecule has 1 fully saturated rings. The van der Waals surface area contributed by atoms with Crippen molar-refractivity contribution in [2.45, 2.75) is 12.8 Å². The molecule has 1 heterocycles. The van der Waals surface area contributed by atoms with Gasteiger partial charge in [0.1, 0.15) is 5.88 Å². The fourth-order valence-corrected chi connectivity index (χ4v) is 1.69. The van der Waals surface area contributed by atoms with Crippen LogP contribution in [0, 0.1) is 5.92 Å². The average molecular weight is 205 g/mol. The van der Waals surface area contributed by atoms with E-state index in [1.807, 2.05) is 0 Å². The molecule has 2 amide bonds. The van der Waals surface area contributed by atoms with Crippen LogP contribution >= 0.6 is 11.6 Å². The molecule has 1 atom stereocenters. The Labute approximate surface area is 82.0 Å². The molecule has 0 radical (unpaired) electrons. The van der Waals surface area contributed by atoms with E-state index in [1.165, 1.54) is 0 Å². The Kier molecular flexibility index (Phi) is 3.54. The first-order valence-corrected chi connectivity index (χ1v) is 4.81. The van der Waals surface area contributed by atoms with Crippen LogP contribution in [0.4, 0.5) is 0 Å². The lowest BCUT2D eigenvalue weighted by Gasteiger charge is -2.30. The summed E-state index contributed by atoms with van der Waals surface area (Å²) in [4.78, 5) is 23.6. The maximum atomic E-state index is 11.2. The molecular weight excluding hydrogens is 192 g/mol. The van der Waals surface area contributed by atoms with Crippen molar-refractivity contribution in [1.29, 1.82) is 0 Å². The lowest BCUT2D eigenvalue weighted by Crippen LogP contribution is -2.44. The van der Waals surface area contributed by atoms with Crippen LogP contribution in [0.1, 0.15) is 12.8 Å². The van der Waals surface area contributed by atoms with Gasteiger partial charge in [0.2, 0.25) is 11.8 Å². The van der Waals surface area contributed by atoms with Gasteiger partial charge in [-0.1, -0.05) is 0 Å². The molecule has 0 spiro atoms. The quantitative estimate of drug-likeness (QED) is 0.641. The van der Waals surface area contributed by atoms with Crippen LogP contribution < -0.4 is 5.73 Å². The molecule has 0 saturated carbocycles. The summed E-state index contributed by atoms with van der Waals surface area (Å²) < 4.78 is 0. The summed E-state index contributed by atoms with van der Waals surface area (Å²) >= 11 is 5.41. The van der Waals surface area contributed by atoms with Crippen molar-refractivity contribution in [2.24, 2.45) is 11.7 Å². The van der Waals surface area contributed by atoms with E-state index in [0.29, 0.717) is 13.1 Å². The van der Waals surface area contributed by atoms with Gasteiger partial charge < -0.3 is 10.6 Å². The van der Waals surface area contributed by atoms with Crippen LogP contribution in [0.15, 0.2) is 0 Å². The minimum absolute atomic E-state index is 0.0223. The minimum atomic E-state index is -0.327. The molecule has 1 saturated heterocycles. The summed E-state index contributed by atoms with van der Waals surface area (Å²) in [6, 6.07) is 0. The monoisotopic (exact) mass is 204 g/mol. The largest absolute Gasteiger partial charge is 0.369 e. The topological polar surface area (TPSA) is 63.4 Å². The number of carbonyl (C=O) groups excluding carboxylic acids is 2. The smallest absolute Gasteiger partial charge is 0.237 e. The highest BCUT2D eigenvalue weighted by Crippen LogP contribution is 2.16. The molecule has 1 aliphatic heterocycles. The number of halogens is 1. The highest BCUT2D eigenvalue weighted by Gasteiger charge is 2.26. The second kappa shape index (κ2) is 4.46. The Morgan fingerprint density at radius 2 is 2.23 bits per heavy atom. The maximum Gasteiger partial charge on any atom is 0.237 e. The van der Waals surface area contributed by atoms with Crippen LogP contribution in [0.3, 0.4) is 0 Å². The van der Waals surface area contributed by atoms with E-state index in [1.54, 1.807) is 4.90 Å². The third-order valence-corrected chi connectivity index (χ3v) is 2.52. The van der Waals surface area contributed by atoms with Gasteiger partial charge >= 0.3 is 0 Å². The minimum Gasteiger partial charge on any atom is -0.369 e. The van der Waals surface area contributed by atoms with Crippen LogP contribution in [-0.4, -0.2) is 35.7 Å². The van der Waals surface area contributed by atoms with Gasteiger partial charge in [0.05, 0.1) is 5.92 Å². The summed E-state index contributed by atoms with van der Waals surface area (Å²) in [5, 5.41) is 0. The zero-order chi connectivity index (χ0) is 9.84. The van der Waals surface area contributed by atoms with Crippen molar-refractivity contribution in [3.8, 4) is 0 Å². The van der Waals surface area contributed by atoms with Crippen LogP contribution in [0.25, 0.3) is 0 Å². The lowest BCUT2D eigenvalue weighted by atomic mass is 9.97. The Bertz CT molecular complexity index is 220. The van der Waals surface area contributed by atoms with E-state index in [4.69, 9.17) is 17.3 Å². The predicted octanol–water partition coefficient (Wildman–Crippen LogP) is -0.0509. The zero-order valence-corrected chi connectivity index (χ0v) is 8.09. The van der Waals surface area contributed by atoms with Gasteiger partial charge in [-0.05, 0) is 12.8 Å². The molecule has 1 rings (SSSR count). The molecule has 0 bridgehead atoms. The van der Waals surface area contributed by atoms with Gasteiger partial charge in [-0.15, -0.1) is 11.6 Å². The second-order valence-electron chi connectivity index (χ2n) is 3.21. The summed E-state index contributed by atoms with van der Waals surface area (Å²) in [7, 11) is 0. The average Bonchev–Trinajstić information content (AvgIpc) is 2.17. The first kappa shape index (κ1) is 10.3. The Morgan fingerprint density at radius 1 is 1.54 bits per heavy atom. The van der Waals surface area contributed by atoms with E-state index < -0.39 is 0 Å². The molecule has 5 heteroatoms. The summed E-state index contributed by atoms with van der Waals surface area (Å²) in [6.45, 7) is 1.12. The third-order valence-electron chi connectivity index (χ3n) is 2.29. The van der Waals surface area contributed by atoms with Crippen molar-refractivity contribution < 1.29 is 9.59 Å². The fourth-order valence-electron chi connectivity index (χ4n) is 1.52. The number of rotatable bonds is 2. The number of hydrogen-bond acceptors (Lipinski definition) is 2. The van der Waals surface area contributed by atoms with E-state index in [-0.39, 0.29) is 23.6 Å². The van der Waals surface area contributed by atoms with Crippen molar-refractivity contribution in [3.05, 3.63) is 0 Å². The van der Waals surface area contributed by atoms with Crippen LogP contribution in [0.5, 0.6) is 0 Å². The fraction of sp³-hybridized carbons (Fsp3) is 0.750. The van der Waals surface area contributed by atoms with E-state index in [0.717, 1.165) is 12.8 Å². The van der Waals surface area contributed by atoms with Gasteiger partial charge in [0.25, 0.3) is 0 Å². The summed E-state index contributed by atoms with van der Waals surface area (Å²) in [6.07, 6.45) is 1.61. The number of hydrogen-bond donors (Lipinski definition) is 1. The highest BCUT2D eigenvalue weighted by atomic mass is 35.5. The number of nitrogens with two attached hydrogens (primary N) is 1. The SMILES string of the molecule is NC(=O)[C@@H]1CCCN(C(=O)CCl)C1. The van der Waals surface area contributed by atoms with Crippen LogP contribution in [-0.2, 0) is 9.59 Å². The number of carbonyl (C=O) groups is 2. The first-order chi connectivity index (χ1) is 6.15. The molecule has 0 unspecified atom stereocenters. The number of piperidine rings is 1. The Morgan fingerprint density at radius 3 is 2.77 bits per heavy atom. The molecule has 0 aromatic rings. The van der Waals surface area contributed by atoms with Gasteiger partial charge in [-0.2, -0.15) is 0 Å². The standard InChI is InChI=1S/C8H13ClN2O2/c9-4-7(12)11-3-1-2-6(5-11)8(10)13/h6H,1-5H2,(H2,10,13)/t6-/m1/s1. The maximum absolute atomic E-state index is 11.2. The highest BCUT2D eigenvalue weighted by molar-refractivity contribution is 6.27. The Balaban J connectivity index is 2.51.